The Morgan fingerprint density at radius 1 is 1.24 bits per heavy atom. The average molecular weight is 477 g/mol. The molecule has 2 N–H and O–H groups in total. The lowest BCUT2D eigenvalue weighted by Crippen LogP contribution is -2.36. The minimum atomic E-state index is -0.945. The van der Waals surface area contributed by atoms with Gasteiger partial charge in [-0.3, -0.25) is 4.98 Å². The van der Waals surface area contributed by atoms with Crippen LogP contribution in [0.2, 0.25) is 0 Å². The Morgan fingerprint density at radius 3 is 2.74 bits per heavy atom. The van der Waals surface area contributed by atoms with Crippen molar-refractivity contribution in [2.75, 3.05) is 13.2 Å². The SMILES string of the molecule is Cc1cc(C2C(c3ccccn3)NC(=S)N2CC2CCCO2)c(C)n1-c1ccccc1C(=O)O. The van der Waals surface area contributed by atoms with E-state index in [-0.39, 0.29) is 23.8 Å². The predicted octanol–water partition coefficient (Wildman–Crippen LogP) is 4.34. The molecule has 0 aliphatic carbocycles. The third-order valence-electron chi connectivity index (χ3n) is 6.79. The largest absolute Gasteiger partial charge is 0.478 e. The first-order valence-electron chi connectivity index (χ1n) is 11.6. The molecule has 176 valence electrons. The van der Waals surface area contributed by atoms with E-state index < -0.39 is 5.97 Å². The number of carbonyl (C=O) groups is 1. The Morgan fingerprint density at radius 2 is 2.03 bits per heavy atom. The Bertz CT molecular complexity index is 1220. The van der Waals surface area contributed by atoms with Crippen LogP contribution in [0.15, 0.2) is 54.7 Å². The van der Waals surface area contributed by atoms with Crippen LogP contribution in [-0.4, -0.2) is 49.9 Å². The van der Waals surface area contributed by atoms with Crippen molar-refractivity contribution in [2.45, 2.75) is 44.9 Å². The summed E-state index contributed by atoms with van der Waals surface area (Å²) in [5.41, 5.74) is 4.90. The van der Waals surface area contributed by atoms with Gasteiger partial charge in [0.15, 0.2) is 5.11 Å². The summed E-state index contributed by atoms with van der Waals surface area (Å²) in [7, 11) is 0. The van der Waals surface area contributed by atoms with E-state index in [9.17, 15) is 9.90 Å². The van der Waals surface area contributed by atoms with Gasteiger partial charge in [-0.05, 0) is 74.8 Å². The molecule has 0 radical (unpaired) electrons. The van der Waals surface area contributed by atoms with Crippen molar-refractivity contribution in [2.24, 2.45) is 0 Å². The van der Waals surface area contributed by atoms with Gasteiger partial charge >= 0.3 is 5.97 Å². The van der Waals surface area contributed by atoms with Crippen molar-refractivity contribution < 1.29 is 14.6 Å². The Kier molecular flexibility index (Phi) is 6.10. The predicted molar refractivity (Wildman–Crippen MR) is 133 cm³/mol. The van der Waals surface area contributed by atoms with Crippen molar-refractivity contribution in [3.05, 3.63) is 82.9 Å². The average Bonchev–Trinajstić information content (AvgIpc) is 3.53. The summed E-state index contributed by atoms with van der Waals surface area (Å²) in [5.74, 6) is -0.945. The normalized spacial score (nSPS) is 22.2. The molecule has 0 amide bonds. The number of carboxylic acid groups (broad SMARTS) is 1. The molecular formula is C26H28N4O3S. The summed E-state index contributed by atoms with van der Waals surface area (Å²) in [4.78, 5) is 18.8. The van der Waals surface area contributed by atoms with Crippen molar-refractivity contribution in [1.82, 2.24) is 19.8 Å². The first-order chi connectivity index (χ1) is 16.5. The molecule has 3 aromatic rings. The summed E-state index contributed by atoms with van der Waals surface area (Å²) in [6, 6.07) is 14.9. The van der Waals surface area contributed by atoms with Crippen LogP contribution >= 0.6 is 12.2 Å². The fourth-order valence-electron chi connectivity index (χ4n) is 5.26. The van der Waals surface area contributed by atoms with Gasteiger partial charge in [-0.1, -0.05) is 18.2 Å². The number of aromatic nitrogens is 2. The quantitative estimate of drug-likeness (QED) is 0.513. The van der Waals surface area contributed by atoms with Crippen LogP contribution < -0.4 is 5.32 Å². The zero-order valence-electron chi connectivity index (χ0n) is 19.3. The summed E-state index contributed by atoms with van der Waals surface area (Å²) in [5, 5.41) is 14.0. The van der Waals surface area contributed by atoms with Gasteiger partial charge in [0.25, 0.3) is 0 Å². The number of benzene rings is 1. The van der Waals surface area contributed by atoms with Crippen molar-refractivity contribution in [3.63, 3.8) is 0 Å². The van der Waals surface area contributed by atoms with Crippen molar-refractivity contribution in [3.8, 4) is 5.69 Å². The number of hydrogen-bond acceptors (Lipinski definition) is 4. The highest BCUT2D eigenvalue weighted by Crippen LogP contribution is 2.42. The Hall–Kier alpha value is -3.23. The maximum atomic E-state index is 11.9. The number of carboxylic acids is 1. The van der Waals surface area contributed by atoms with Gasteiger partial charge in [0.1, 0.15) is 0 Å². The van der Waals surface area contributed by atoms with Crippen molar-refractivity contribution >= 4 is 23.3 Å². The maximum Gasteiger partial charge on any atom is 0.337 e. The summed E-state index contributed by atoms with van der Waals surface area (Å²) in [6.45, 7) is 5.54. The molecule has 2 fully saturated rings. The number of nitrogens with zero attached hydrogens (tertiary/aromatic N) is 3. The second-order valence-electron chi connectivity index (χ2n) is 8.90. The molecule has 5 rings (SSSR count). The molecule has 0 saturated carbocycles. The second-order valence-corrected chi connectivity index (χ2v) is 9.28. The third-order valence-corrected chi connectivity index (χ3v) is 7.14. The fraction of sp³-hybridized carbons (Fsp3) is 0.346. The number of aryl methyl sites for hydroxylation is 1. The number of nitrogens with one attached hydrogen (secondary N) is 1. The molecule has 4 heterocycles. The van der Waals surface area contributed by atoms with Crippen LogP contribution in [0.4, 0.5) is 0 Å². The highest BCUT2D eigenvalue weighted by atomic mass is 32.1. The fourth-order valence-corrected chi connectivity index (χ4v) is 5.57. The van der Waals surface area contributed by atoms with Crippen LogP contribution in [0.3, 0.4) is 0 Å². The smallest absolute Gasteiger partial charge is 0.337 e. The molecule has 0 spiro atoms. The van der Waals surface area contributed by atoms with E-state index in [1.165, 1.54) is 0 Å². The summed E-state index contributed by atoms with van der Waals surface area (Å²) < 4.78 is 7.97. The summed E-state index contributed by atoms with van der Waals surface area (Å²) in [6.07, 6.45) is 4.02. The molecule has 1 aromatic carbocycles. The summed E-state index contributed by atoms with van der Waals surface area (Å²) >= 11 is 5.81. The minimum Gasteiger partial charge on any atom is -0.478 e. The highest BCUT2D eigenvalue weighted by Gasteiger charge is 2.42. The van der Waals surface area contributed by atoms with Gasteiger partial charge < -0.3 is 24.6 Å². The molecule has 3 atom stereocenters. The number of pyridine rings is 1. The molecule has 34 heavy (non-hydrogen) atoms. The van der Waals surface area contributed by atoms with E-state index in [0.29, 0.717) is 17.3 Å². The first-order valence-corrected chi connectivity index (χ1v) is 12.0. The number of para-hydroxylation sites is 1. The van der Waals surface area contributed by atoms with Gasteiger partial charge in [-0.15, -0.1) is 0 Å². The van der Waals surface area contributed by atoms with E-state index in [2.05, 4.69) is 21.3 Å². The minimum absolute atomic E-state index is 0.0939. The lowest BCUT2D eigenvalue weighted by molar-refractivity contribution is 0.0697. The molecule has 7 nitrogen and oxygen atoms in total. The Balaban J connectivity index is 1.62. The van der Waals surface area contributed by atoms with Crippen LogP contribution in [0.1, 0.15) is 57.9 Å². The molecule has 8 heteroatoms. The number of ether oxygens (including phenoxy) is 1. The van der Waals surface area contributed by atoms with Crippen molar-refractivity contribution in [1.29, 1.82) is 0 Å². The number of rotatable bonds is 6. The van der Waals surface area contributed by atoms with E-state index in [1.807, 2.05) is 48.7 Å². The van der Waals surface area contributed by atoms with Gasteiger partial charge in [-0.25, -0.2) is 4.79 Å². The molecule has 2 saturated heterocycles. The number of hydrogen-bond donors (Lipinski definition) is 2. The molecule has 3 unspecified atom stereocenters. The van der Waals surface area contributed by atoms with E-state index in [0.717, 1.165) is 42.1 Å². The van der Waals surface area contributed by atoms with Crippen LogP contribution in [0.25, 0.3) is 5.69 Å². The zero-order chi connectivity index (χ0) is 23.8. The van der Waals surface area contributed by atoms with Crippen LogP contribution in [-0.2, 0) is 4.74 Å². The second kappa shape index (κ2) is 9.19. The van der Waals surface area contributed by atoms with Gasteiger partial charge in [-0.2, -0.15) is 0 Å². The zero-order valence-corrected chi connectivity index (χ0v) is 20.1. The van der Waals surface area contributed by atoms with Gasteiger partial charge in [0.2, 0.25) is 0 Å². The Labute approximate surface area is 204 Å². The molecule has 0 bridgehead atoms. The highest BCUT2D eigenvalue weighted by molar-refractivity contribution is 7.80. The molecule has 2 aliphatic rings. The van der Waals surface area contributed by atoms with Gasteiger partial charge in [0.05, 0.1) is 35.1 Å². The molecule has 2 aromatic heterocycles. The lowest BCUT2D eigenvalue weighted by atomic mass is 9.96. The monoisotopic (exact) mass is 476 g/mol. The molecular weight excluding hydrogens is 448 g/mol. The van der Waals surface area contributed by atoms with Gasteiger partial charge in [0, 0.05) is 30.7 Å². The number of thiocarbonyl (C=S) groups is 1. The third kappa shape index (κ3) is 3.97. The molecule has 2 aliphatic heterocycles. The van der Waals surface area contributed by atoms with Crippen LogP contribution in [0, 0.1) is 13.8 Å². The topological polar surface area (TPSA) is 79.6 Å². The van der Waals surface area contributed by atoms with E-state index >= 15 is 0 Å². The van der Waals surface area contributed by atoms with E-state index in [4.69, 9.17) is 17.0 Å². The van der Waals surface area contributed by atoms with Crippen LogP contribution in [0.5, 0.6) is 0 Å². The number of aromatic carboxylic acids is 1. The standard InChI is InChI=1S/C26H28N4O3S/c1-16-14-20(17(2)30(16)22-11-4-3-9-19(22)25(31)32)24-23(21-10-5-6-12-27-21)28-26(34)29(24)15-18-8-7-13-33-18/h3-6,9-12,14,18,23-24H,7-8,13,15H2,1-2H3,(H,28,34)(H,31,32). The maximum absolute atomic E-state index is 11.9. The first kappa shape index (κ1) is 22.6. The lowest BCUT2D eigenvalue weighted by Gasteiger charge is -2.30. The van der Waals surface area contributed by atoms with E-state index in [1.54, 1.807) is 18.3 Å².